The highest BCUT2D eigenvalue weighted by Crippen LogP contribution is 2.35. The lowest BCUT2D eigenvalue weighted by atomic mass is 10.0. The van der Waals surface area contributed by atoms with Crippen molar-refractivity contribution in [2.75, 3.05) is 12.4 Å². The van der Waals surface area contributed by atoms with Crippen LogP contribution in [0, 0.1) is 5.92 Å². The van der Waals surface area contributed by atoms with Gasteiger partial charge in [-0.3, -0.25) is 14.3 Å². The highest BCUT2D eigenvalue weighted by molar-refractivity contribution is 7.80. The zero-order valence-corrected chi connectivity index (χ0v) is 10.7. The Bertz CT molecular complexity index is 512. The summed E-state index contributed by atoms with van der Waals surface area (Å²) in [6, 6.07) is 1.29. The van der Waals surface area contributed by atoms with Gasteiger partial charge in [-0.05, 0) is 18.6 Å². The third-order valence-corrected chi connectivity index (χ3v) is 3.39. The van der Waals surface area contributed by atoms with Crippen molar-refractivity contribution in [2.45, 2.75) is 25.2 Å². The summed E-state index contributed by atoms with van der Waals surface area (Å²) in [5.74, 6) is 0.795. The van der Waals surface area contributed by atoms with Gasteiger partial charge in [0.1, 0.15) is 6.23 Å². The Morgan fingerprint density at radius 2 is 2.33 bits per heavy atom. The molecular formula is C11H16N2O4S. The predicted molar refractivity (Wildman–Crippen MR) is 68.9 cm³/mol. The highest BCUT2D eigenvalue weighted by Gasteiger charge is 2.35. The van der Waals surface area contributed by atoms with Crippen LogP contribution in [0.15, 0.2) is 21.9 Å². The minimum Gasteiger partial charge on any atom is -0.394 e. The van der Waals surface area contributed by atoms with E-state index in [9.17, 15) is 9.59 Å². The first-order valence-corrected chi connectivity index (χ1v) is 6.47. The van der Waals surface area contributed by atoms with Gasteiger partial charge in [0.05, 0.1) is 12.7 Å². The van der Waals surface area contributed by atoms with Crippen LogP contribution in [0.1, 0.15) is 19.1 Å². The molecule has 0 bridgehead atoms. The van der Waals surface area contributed by atoms with Gasteiger partial charge < -0.3 is 9.84 Å². The molecule has 1 aromatic rings. The Balaban J connectivity index is 2.29. The first-order chi connectivity index (χ1) is 8.65. The number of rotatable bonds is 4. The molecule has 3 atom stereocenters. The van der Waals surface area contributed by atoms with Crippen molar-refractivity contribution < 1.29 is 9.84 Å². The first kappa shape index (κ1) is 13.4. The Labute approximate surface area is 109 Å². The fraction of sp³-hybridized carbons (Fsp3) is 0.636. The number of hydrogen-bond donors (Lipinski definition) is 3. The lowest BCUT2D eigenvalue weighted by Gasteiger charge is -2.19. The Morgan fingerprint density at radius 3 is 2.94 bits per heavy atom. The van der Waals surface area contributed by atoms with Crippen LogP contribution >= 0.6 is 12.6 Å². The van der Waals surface area contributed by atoms with Gasteiger partial charge in [0, 0.05) is 18.2 Å². The van der Waals surface area contributed by atoms with Crippen LogP contribution in [0.2, 0.25) is 0 Å². The topological polar surface area (TPSA) is 84.3 Å². The van der Waals surface area contributed by atoms with Crippen LogP contribution in [-0.2, 0) is 4.74 Å². The van der Waals surface area contributed by atoms with Crippen molar-refractivity contribution in [3.05, 3.63) is 33.1 Å². The number of aliphatic hydroxyl groups excluding tert-OH is 1. The molecule has 100 valence electrons. The lowest BCUT2D eigenvalue weighted by Crippen LogP contribution is -2.33. The zero-order valence-electron chi connectivity index (χ0n) is 9.78. The second-order valence-corrected chi connectivity index (χ2v) is 4.80. The van der Waals surface area contributed by atoms with E-state index in [-0.39, 0.29) is 18.6 Å². The molecule has 1 saturated heterocycles. The summed E-state index contributed by atoms with van der Waals surface area (Å²) < 4.78 is 7.01. The molecule has 1 aliphatic heterocycles. The number of thiol groups is 1. The van der Waals surface area contributed by atoms with E-state index in [4.69, 9.17) is 9.84 Å². The van der Waals surface area contributed by atoms with Crippen molar-refractivity contribution >= 4 is 12.6 Å². The predicted octanol–water partition coefficient (Wildman–Crippen LogP) is -0.248. The molecule has 1 aliphatic rings. The molecule has 18 heavy (non-hydrogen) atoms. The summed E-state index contributed by atoms with van der Waals surface area (Å²) in [4.78, 5) is 24.9. The third kappa shape index (κ3) is 2.68. The molecule has 0 radical (unpaired) electrons. The number of ether oxygens (including phenoxy) is 1. The molecule has 1 aromatic heterocycles. The molecular weight excluding hydrogens is 256 g/mol. The fourth-order valence-electron chi connectivity index (χ4n) is 2.28. The number of nitrogens with one attached hydrogen (secondary N) is 1. The van der Waals surface area contributed by atoms with E-state index in [1.165, 1.54) is 16.8 Å². The molecule has 2 N–H and O–H groups in total. The second kappa shape index (κ2) is 5.73. The minimum atomic E-state index is -0.491. The van der Waals surface area contributed by atoms with Gasteiger partial charge in [0.15, 0.2) is 0 Å². The molecule has 0 aromatic carbocycles. The monoisotopic (exact) mass is 272 g/mol. The van der Waals surface area contributed by atoms with Crippen LogP contribution in [-0.4, -0.2) is 33.1 Å². The Hall–Kier alpha value is -1.05. The van der Waals surface area contributed by atoms with Crippen molar-refractivity contribution in [2.24, 2.45) is 5.92 Å². The number of aromatic amines is 1. The number of H-pyrrole nitrogens is 1. The smallest absolute Gasteiger partial charge is 0.330 e. The summed E-state index contributed by atoms with van der Waals surface area (Å²) in [7, 11) is 0. The summed E-state index contributed by atoms with van der Waals surface area (Å²) >= 11 is 4.19. The van der Waals surface area contributed by atoms with Crippen molar-refractivity contribution in [3.8, 4) is 0 Å². The Morgan fingerprint density at radius 1 is 1.56 bits per heavy atom. The maximum Gasteiger partial charge on any atom is 0.330 e. The number of aliphatic hydroxyl groups is 1. The van der Waals surface area contributed by atoms with Crippen molar-refractivity contribution in [3.63, 3.8) is 0 Å². The molecule has 0 amide bonds. The van der Waals surface area contributed by atoms with Crippen LogP contribution in [0.3, 0.4) is 0 Å². The Kier molecular flexibility index (Phi) is 4.26. The standard InChI is InChI=1S/C11H16N2O4S/c14-6-8-5-7(2-4-18)10(17-8)13-3-1-9(15)12-11(13)16/h1,3,7-8,10,14,18H,2,4-6H2,(H,12,15,16)/t7-,8-,10+/m0/s1. The molecule has 6 nitrogen and oxygen atoms in total. The van der Waals surface area contributed by atoms with Crippen LogP contribution < -0.4 is 11.2 Å². The highest BCUT2D eigenvalue weighted by atomic mass is 32.1. The fourth-order valence-corrected chi connectivity index (χ4v) is 2.61. The van der Waals surface area contributed by atoms with Crippen LogP contribution in [0.25, 0.3) is 0 Å². The van der Waals surface area contributed by atoms with Gasteiger partial charge >= 0.3 is 5.69 Å². The summed E-state index contributed by atoms with van der Waals surface area (Å²) in [5, 5.41) is 9.14. The van der Waals surface area contributed by atoms with Gasteiger partial charge in [-0.25, -0.2) is 4.79 Å². The van der Waals surface area contributed by atoms with Crippen LogP contribution in [0.5, 0.6) is 0 Å². The van der Waals surface area contributed by atoms with E-state index < -0.39 is 17.5 Å². The average Bonchev–Trinajstić information content (AvgIpc) is 2.73. The van der Waals surface area contributed by atoms with E-state index in [2.05, 4.69) is 17.6 Å². The second-order valence-electron chi connectivity index (χ2n) is 4.36. The molecule has 0 spiro atoms. The molecule has 0 saturated carbocycles. The third-order valence-electron chi connectivity index (χ3n) is 3.13. The maximum atomic E-state index is 11.7. The summed E-state index contributed by atoms with van der Waals surface area (Å²) in [5.41, 5.74) is -0.922. The van der Waals surface area contributed by atoms with Gasteiger partial charge in [-0.15, -0.1) is 0 Å². The normalized spacial score (nSPS) is 27.6. The SMILES string of the molecule is O=c1ccn([C@@H]2O[C@H](CO)C[C@@H]2CCS)c(=O)[nH]1. The van der Waals surface area contributed by atoms with Gasteiger partial charge in [0.25, 0.3) is 5.56 Å². The first-order valence-electron chi connectivity index (χ1n) is 5.84. The van der Waals surface area contributed by atoms with E-state index in [1.54, 1.807) is 0 Å². The molecule has 0 unspecified atom stereocenters. The average molecular weight is 272 g/mol. The van der Waals surface area contributed by atoms with Gasteiger partial charge in [-0.2, -0.15) is 12.6 Å². The number of nitrogens with zero attached hydrogens (tertiary/aromatic N) is 1. The van der Waals surface area contributed by atoms with Crippen molar-refractivity contribution in [1.82, 2.24) is 9.55 Å². The van der Waals surface area contributed by atoms with E-state index in [0.29, 0.717) is 12.2 Å². The zero-order chi connectivity index (χ0) is 13.1. The van der Waals surface area contributed by atoms with Crippen LogP contribution in [0.4, 0.5) is 0 Å². The minimum absolute atomic E-state index is 0.0718. The van der Waals surface area contributed by atoms with Crippen molar-refractivity contribution in [1.29, 1.82) is 0 Å². The number of aromatic nitrogens is 2. The largest absolute Gasteiger partial charge is 0.394 e. The summed E-state index contributed by atoms with van der Waals surface area (Å²) in [6.07, 6.45) is 2.19. The van der Waals surface area contributed by atoms with E-state index in [0.717, 1.165) is 6.42 Å². The lowest BCUT2D eigenvalue weighted by molar-refractivity contribution is -0.0356. The molecule has 7 heteroatoms. The quantitative estimate of drug-likeness (QED) is 0.660. The molecule has 0 aliphatic carbocycles. The van der Waals surface area contributed by atoms with E-state index >= 15 is 0 Å². The molecule has 2 heterocycles. The number of hydrogen-bond acceptors (Lipinski definition) is 5. The summed E-state index contributed by atoms with van der Waals surface area (Å²) in [6.45, 7) is -0.0718. The maximum absolute atomic E-state index is 11.7. The van der Waals surface area contributed by atoms with Gasteiger partial charge in [0.2, 0.25) is 0 Å². The molecule has 2 rings (SSSR count). The molecule has 1 fully saturated rings. The van der Waals surface area contributed by atoms with E-state index in [1.807, 2.05) is 0 Å². The van der Waals surface area contributed by atoms with Gasteiger partial charge in [-0.1, -0.05) is 0 Å².